The van der Waals surface area contributed by atoms with Crippen LogP contribution in [-0.2, 0) is 12.0 Å². The Bertz CT molecular complexity index is 369. The van der Waals surface area contributed by atoms with Gasteiger partial charge in [-0.15, -0.1) is 6.42 Å². The summed E-state index contributed by atoms with van der Waals surface area (Å²) in [4.78, 5) is 2.15. The second kappa shape index (κ2) is 4.51. The Morgan fingerprint density at radius 1 is 1.33 bits per heavy atom. The summed E-state index contributed by atoms with van der Waals surface area (Å²) in [6.45, 7) is 5.10. The predicted octanol–water partition coefficient (Wildman–Crippen LogP) is 2.66. The first-order valence-corrected chi connectivity index (χ1v) is 5.17. The van der Waals surface area contributed by atoms with Crippen molar-refractivity contribution in [1.82, 2.24) is 4.90 Å². The van der Waals surface area contributed by atoms with E-state index in [4.69, 9.17) is 6.42 Å². The highest BCUT2D eigenvalue weighted by atomic mass is 15.0. The smallest absolute Gasteiger partial charge is 0.0504 e. The zero-order valence-electron chi connectivity index (χ0n) is 10.0. The van der Waals surface area contributed by atoms with E-state index in [1.54, 1.807) is 0 Å². The molecule has 0 spiro atoms. The van der Waals surface area contributed by atoms with Crippen LogP contribution in [0.25, 0.3) is 0 Å². The van der Waals surface area contributed by atoms with Crippen molar-refractivity contribution in [3.05, 3.63) is 35.4 Å². The molecule has 0 aliphatic heterocycles. The molecule has 1 aromatic rings. The third-order valence-electron chi connectivity index (χ3n) is 2.51. The van der Waals surface area contributed by atoms with Crippen LogP contribution in [0.1, 0.15) is 25.0 Å². The van der Waals surface area contributed by atoms with Crippen molar-refractivity contribution in [1.29, 1.82) is 0 Å². The van der Waals surface area contributed by atoms with Gasteiger partial charge in [0.15, 0.2) is 0 Å². The summed E-state index contributed by atoms with van der Waals surface area (Å²) in [7, 11) is 4.14. The van der Waals surface area contributed by atoms with Gasteiger partial charge >= 0.3 is 0 Å². The first-order valence-electron chi connectivity index (χ1n) is 5.17. The van der Waals surface area contributed by atoms with Gasteiger partial charge in [-0.3, -0.25) is 0 Å². The Kier molecular flexibility index (Phi) is 3.55. The molecule has 0 heterocycles. The van der Waals surface area contributed by atoms with E-state index in [0.717, 1.165) is 6.54 Å². The lowest BCUT2D eigenvalue weighted by molar-refractivity contribution is 0.402. The molecule has 0 amide bonds. The summed E-state index contributed by atoms with van der Waals surface area (Å²) in [5, 5.41) is 0. The van der Waals surface area contributed by atoms with Crippen LogP contribution < -0.4 is 0 Å². The summed E-state index contributed by atoms with van der Waals surface area (Å²) < 4.78 is 0. The van der Waals surface area contributed by atoms with E-state index >= 15 is 0 Å². The molecule has 80 valence electrons. The first kappa shape index (κ1) is 11.8. The van der Waals surface area contributed by atoms with Crippen molar-refractivity contribution >= 4 is 0 Å². The molecule has 0 saturated heterocycles. The van der Waals surface area contributed by atoms with E-state index in [9.17, 15) is 0 Å². The molecular weight excluding hydrogens is 182 g/mol. The van der Waals surface area contributed by atoms with Crippen LogP contribution in [0.2, 0.25) is 0 Å². The number of nitrogens with zero attached hydrogens (tertiary/aromatic N) is 1. The third kappa shape index (κ3) is 3.11. The van der Waals surface area contributed by atoms with Crippen molar-refractivity contribution < 1.29 is 0 Å². The average Bonchev–Trinajstić information content (AvgIpc) is 2.17. The molecule has 0 aliphatic rings. The second-order valence-corrected chi connectivity index (χ2v) is 4.71. The maximum absolute atomic E-state index is 5.53. The molecule has 0 aromatic heterocycles. The van der Waals surface area contributed by atoms with Crippen molar-refractivity contribution in [2.45, 2.75) is 25.8 Å². The maximum atomic E-state index is 5.53. The zero-order valence-corrected chi connectivity index (χ0v) is 10.0. The molecule has 1 heteroatoms. The van der Waals surface area contributed by atoms with E-state index in [-0.39, 0.29) is 5.41 Å². The van der Waals surface area contributed by atoms with Crippen molar-refractivity contribution in [3.8, 4) is 12.3 Å². The molecular formula is C14H19N. The van der Waals surface area contributed by atoms with Crippen LogP contribution in [0.4, 0.5) is 0 Å². The van der Waals surface area contributed by atoms with E-state index in [1.165, 1.54) is 11.1 Å². The molecule has 1 aromatic carbocycles. The Morgan fingerprint density at radius 2 is 2.00 bits per heavy atom. The molecule has 0 fully saturated rings. The van der Waals surface area contributed by atoms with Crippen molar-refractivity contribution in [3.63, 3.8) is 0 Å². The topological polar surface area (TPSA) is 3.24 Å². The van der Waals surface area contributed by atoms with E-state index in [2.05, 4.69) is 63.0 Å². The summed E-state index contributed by atoms with van der Waals surface area (Å²) in [5.41, 5.74) is 2.34. The Balaban J connectivity index is 2.99. The lowest BCUT2D eigenvalue weighted by Crippen LogP contribution is -2.15. The number of hydrogen-bond donors (Lipinski definition) is 0. The fraction of sp³-hybridized carbons (Fsp3) is 0.429. The van der Waals surface area contributed by atoms with Gasteiger partial charge in [0, 0.05) is 6.54 Å². The molecule has 0 N–H and O–H groups in total. The Morgan fingerprint density at radius 3 is 2.53 bits per heavy atom. The van der Waals surface area contributed by atoms with E-state index in [1.807, 2.05) is 0 Å². The zero-order chi connectivity index (χ0) is 11.5. The van der Waals surface area contributed by atoms with Crippen LogP contribution in [0.15, 0.2) is 24.3 Å². The lowest BCUT2D eigenvalue weighted by Gasteiger charge is -2.19. The van der Waals surface area contributed by atoms with Crippen LogP contribution in [0, 0.1) is 12.3 Å². The standard InChI is InChI=1S/C14H19N/c1-6-14(2,3)13-9-7-8-12(10-13)11-15(4)5/h1,7-10H,11H2,2-5H3. The lowest BCUT2D eigenvalue weighted by atomic mass is 9.85. The number of terminal acetylenes is 1. The van der Waals surface area contributed by atoms with Gasteiger partial charge in [-0.05, 0) is 39.1 Å². The van der Waals surface area contributed by atoms with Crippen LogP contribution in [0.3, 0.4) is 0 Å². The Labute approximate surface area is 93.1 Å². The predicted molar refractivity (Wildman–Crippen MR) is 65.7 cm³/mol. The maximum Gasteiger partial charge on any atom is 0.0504 e. The minimum Gasteiger partial charge on any atom is -0.305 e. The van der Waals surface area contributed by atoms with Gasteiger partial charge in [0.2, 0.25) is 0 Å². The van der Waals surface area contributed by atoms with Crippen LogP contribution >= 0.6 is 0 Å². The highest BCUT2D eigenvalue weighted by Crippen LogP contribution is 2.23. The fourth-order valence-corrected chi connectivity index (χ4v) is 1.51. The third-order valence-corrected chi connectivity index (χ3v) is 2.51. The molecule has 0 bridgehead atoms. The van der Waals surface area contributed by atoms with Crippen molar-refractivity contribution in [2.75, 3.05) is 14.1 Å². The number of benzene rings is 1. The quantitative estimate of drug-likeness (QED) is 0.680. The van der Waals surface area contributed by atoms with Crippen molar-refractivity contribution in [2.24, 2.45) is 0 Å². The van der Waals surface area contributed by atoms with Gasteiger partial charge in [-0.25, -0.2) is 0 Å². The van der Waals surface area contributed by atoms with Gasteiger partial charge in [-0.1, -0.05) is 30.2 Å². The average molecular weight is 201 g/mol. The Hall–Kier alpha value is -1.26. The van der Waals surface area contributed by atoms with Gasteiger partial charge < -0.3 is 4.90 Å². The SMILES string of the molecule is C#CC(C)(C)c1cccc(CN(C)C)c1. The molecule has 0 radical (unpaired) electrons. The molecule has 0 unspecified atom stereocenters. The number of rotatable bonds is 3. The molecule has 0 atom stereocenters. The fourth-order valence-electron chi connectivity index (χ4n) is 1.51. The number of hydrogen-bond acceptors (Lipinski definition) is 1. The van der Waals surface area contributed by atoms with Crippen LogP contribution in [-0.4, -0.2) is 19.0 Å². The second-order valence-electron chi connectivity index (χ2n) is 4.71. The minimum absolute atomic E-state index is 0.178. The summed E-state index contributed by atoms with van der Waals surface area (Å²) in [5.74, 6) is 2.82. The minimum atomic E-state index is -0.178. The normalized spacial score (nSPS) is 11.5. The molecule has 0 aliphatic carbocycles. The highest BCUT2D eigenvalue weighted by Gasteiger charge is 2.16. The highest BCUT2D eigenvalue weighted by molar-refractivity contribution is 5.35. The molecule has 0 saturated carbocycles. The molecule has 1 rings (SSSR count). The van der Waals surface area contributed by atoms with Crippen LogP contribution in [0.5, 0.6) is 0 Å². The molecule has 15 heavy (non-hydrogen) atoms. The monoisotopic (exact) mass is 201 g/mol. The summed E-state index contributed by atoms with van der Waals surface area (Å²) in [6, 6.07) is 8.50. The first-order chi connectivity index (χ1) is 6.95. The van der Waals surface area contributed by atoms with Gasteiger partial charge in [0.25, 0.3) is 0 Å². The largest absolute Gasteiger partial charge is 0.305 e. The van der Waals surface area contributed by atoms with E-state index in [0.29, 0.717) is 0 Å². The molecule has 1 nitrogen and oxygen atoms in total. The summed E-state index contributed by atoms with van der Waals surface area (Å²) >= 11 is 0. The van der Waals surface area contributed by atoms with E-state index < -0.39 is 0 Å². The van der Waals surface area contributed by atoms with Gasteiger partial charge in [-0.2, -0.15) is 0 Å². The van der Waals surface area contributed by atoms with Gasteiger partial charge in [0.1, 0.15) is 0 Å². The summed E-state index contributed by atoms with van der Waals surface area (Å²) in [6.07, 6.45) is 5.53. The van der Waals surface area contributed by atoms with Gasteiger partial charge in [0.05, 0.1) is 5.41 Å².